The van der Waals surface area contributed by atoms with E-state index in [-0.39, 0.29) is 13.2 Å². The third kappa shape index (κ3) is 6.56. The van der Waals surface area contributed by atoms with Crippen molar-refractivity contribution < 1.29 is 19.1 Å². The van der Waals surface area contributed by atoms with Gasteiger partial charge in [0.1, 0.15) is 6.04 Å². The molecule has 2 N–H and O–H groups in total. The van der Waals surface area contributed by atoms with E-state index >= 15 is 0 Å². The minimum Gasteiger partial charge on any atom is -0.463 e. The highest BCUT2D eigenvalue weighted by molar-refractivity contribution is 8.14. The van der Waals surface area contributed by atoms with Crippen LogP contribution in [0.4, 0.5) is 10.5 Å². The number of aliphatic imine (C=N–C) groups is 1. The second-order valence-electron chi connectivity index (χ2n) is 7.45. The zero-order valence-corrected chi connectivity index (χ0v) is 20.9. The molecule has 2 aromatic carbocycles. The summed E-state index contributed by atoms with van der Waals surface area (Å²) in [4.78, 5) is 30.8. The Hall–Kier alpha value is -3.48. The molecule has 0 spiro atoms. The number of nitrogens with two attached hydrogens (primary N) is 1. The number of thioether (sulfide) groups is 1. The number of carbonyl (C=O) groups is 2. The molecule has 2 aromatic rings. The van der Waals surface area contributed by atoms with Gasteiger partial charge in [-0.3, -0.25) is 4.90 Å². The van der Waals surface area contributed by atoms with Crippen LogP contribution >= 0.6 is 23.4 Å². The molecule has 0 bridgehead atoms. The number of nitrogens with zero attached hydrogens (tertiary/aromatic N) is 3. The normalized spacial score (nSPS) is 15.3. The van der Waals surface area contributed by atoms with Crippen molar-refractivity contribution in [3.8, 4) is 6.07 Å². The SMILES string of the molecule is CCOC(=O)C1=C(C)N(c2cccc(Cl)c2)C(SCCCOC(N)=O)=NC1c1ccc(C#N)cc1. The van der Waals surface area contributed by atoms with Gasteiger partial charge in [-0.1, -0.05) is 41.6 Å². The number of ether oxygens (including phenoxy) is 2. The lowest BCUT2D eigenvalue weighted by Gasteiger charge is -2.34. The summed E-state index contributed by atoms with van der Waals surface area (Å²) < 4.78 is 10.2. The Morgan fingerprint density at radius 2 is 1.97 bits per heavy atom. The molecule has 1 unspecified atom stereocenters. The maximum absolute atomic E-state index is 13.1. The van der Waals surface area contributed by atoms with Crippen LogP contribution in [0.25, 0.3) is 0 Å². The van der Waals surface area contributed by atoms with E-state index in [1.807, 2.05) is 24.0 Å². The molecule has 0 aliphatic carbocycles. The Bertz CT molecular complexity index is 1190. The zero-order chi connectivity index (χ0) is 25.4. The monoisotopic (exact) mass is 512 g/mol. The Balaban J connectivity index is 2.06. The smallest absolute Gasteiger partial charge is 0.404 e. The first-order chi connectivity index (χ1) is 16.8. The summed E-state index contributed by atoms with van der Waals surface area (Å²) in [5.74, 6) is 0.125. The maximum Gasteiger partial charge on any atom is 0.404 e. The molecule has 1 amide bonds. The highest BCUT2D eigenvalue weighted by atomic mass is 35.5. The molecular weight excluding hydrogens is 488 g/mol. The van der Waals surface area contributed by atoms with Gasteiger partial charge in [-0.05, 0) is 56.2 Å². The molecule has 10 heteroatoms. The quantitative estimate of drug-likeness (QED) is 0.382. The number of hydrogen-bond acceptors (Lipinski definition) is 8. The van der Waals surface area contributed by atoms with Crippen molar-refractivity contribution >= 4 is 46.3 Å². The van der Waals surface area contributed by atoms with E-state index in [0.29, 0.717) is 39.2 Å². The van der Waals surface area contributed by atoms with Gasteiger partial charge < -0.3 is 15.2 Å². The summed E-state index contributed by atoms with van der Waals surface area (Å²) in [7, 11) is 0. The lowest BCUT2D eigenvalue weighted by Crippen LogP contribution is -2.35. The number of benzene rings is 2. The average Bonchev–Trinajstić information content (AvgIpc) is 2.83. The summed E-state index contributed by atoms with van der Waals surface area (Å²) in [6, 6.07) is 15.7. The van der Waals surface area contributed by atoms with Gasteiger partial charge in [0.15, 0.2) is 5.17 Å². The second-order valence-corrected chi connectivity index (χ2v) is 8.95. The van der Waals surface area contributed by atoms with E-state index in [2.05, 4.69) is 6.07 Å². The lowest BCUT2D eigenvalue weighted by atomic mass is 9.95. The fourth-order valence-electron chi connectivity index (χ4n) is 3.56. The molecule has 1 heterocycles. The Morgan fingerprint density at radius 1 is 1.23 bits per heavy atom. The predicted octanol–water partition coefficient (Wildman–Crippen LogP) is 5.18. The van der Waals surface area contributed by atoms with Crippen molar-refractivity contribution in [2.45, 2.75) is 26.3 Å². The van der Waals surface area contributed by atoms with E-state index in [9.17, 15) is 14.9 Å². The van der Waals surface area contributed by atoms with Gasteiger partial charge in [-0.25, -0.2) is 14.6 Å². The first kappa shape index (κ1) is 26.1. The molecule has 0 saturated heterocycles. The molecule has 1 atom stereocenters. The third-order valence-corrected chi connectivity index (χ3v) is 6.38. The maximum atomic E-state index is 13.1. The molecule has 8 nitrogen and oxygen atoms in total. The summed E-state index contributed by atoms with van der Waals surface area (Å²) in [6.07, 6.45) is -0.255. The Labute approximate surface area is 213 Å². The number of halogens is 1. The van der Waals surface area contributed by atoms with E-state index in [4.69, 9.17) is 31.8 Å². The fraction of sp³-hybridized carbons (Fsp3) is 0.280. The summed E-state index contributed by atoms with van der Waals surface area (Å²) in [5.41, 5.74) is 8.11. The number of carbonyl (C=O) groups excluding carboxylic acids is 2. The average molecular weight is 513 g/mol. The van der Waals surface area contributed by atoms with Crippen LogP contribution in [-0.4, -0.2) is 36.2 Å². The third-order valence-electron chi connectivity index (χ3n) is 5.11. The van der Waals surface area contributed by atoms with E-state index in [1.165, 1.54) is 11.8 Å². The Morgan fingerprint density at radius 3 is 2.60 bits per heavy atom. The molecule has 3 rings (SSSR count). The van der Waals surface area contributed by atoms with Crippen LogP contribution in [0.3, 0.4) is 0 Å². The minimum absolute atomic E-state index is 0.189. The van der Waals surface area contributed by atoms with Gasteiger partial charge in [0, 0.05) is 22.2 Å². The molecular formula is C25H25ClN4O4S. The number of esters is 1. The van der Waals surface area contributed by atoms with Gasteiger partial charge in [-0.15, -0.1) is 0 Å². The Kier molecular flexibility index (Phi) is 9.18. The molecule has 1 aliphatic rings. The number of amidine groups is 1. The topological polar surface area (TPSA) is 118 Å². The zero-order valence-electron chi connectivity index (χ0n) is 19.4. The molecule has 0 aromatic heterocycles. The van der Waals surface area contributed by atoms with E-state index in [1.54, 1.807) is 43.3 Å². The van der Waals surface area contributed by atoms with Gasteiger partial charge in [-0.2, -0.15) is 5.26 Å². The first-order valence-electron chi connectivity index (χ1n) is 10.9. The number of primary amides is 1. The van der Waals surface area contributed by atoms with E-state index in [0.717, 1.165) is 11.3 Å². The van der Waals surface area contributed by atoms with Crippen LogP contribution in [0.2, 0.25) is 5.02 Å². The molecule has 182 valence electrons. The van der Waals surface area contributed by atoms with Crippen molar-refractivity contribution in [1.82, 2.24) is 0 Å². The number of hydrogen-bond donors (Lipinski definition) is 1. The highest BCUT2D eigenvalue weighted by Gasteiger charge is 2.35. The number of anilines is 1. The summed E-state index contributed by atoms with van der Waals surface area (Å²) in [5, 5.41) is 10.4. The van der Waals surface area contributed by atoms with Crippen molar-refractivity contribution in [1.29, 1.82) is 5.26 Å². The second kappa shape index (κ2) is 12.3. The van der Waals surface area contributed by atoms with Crippen LogP contribution in [0.15, 0.2) is 64.8 Å². The van der Waals surface area contributed by atoms with Crippen molar-refractivity contribution in [2.24, 2.45) is 10.7 Å². The highest BCUT2D eigenvalue weighted by Crippen LogP contribution is 2.39. The standard InChI is InChI=1S/C25H25ClN4O4S/c1-3-33-23(31)21-16(2)30(20-7-4-6-19(26)14-20)25(35-13-5-12-34-24(28)32)29-22(21)18-10-8-17(15-27)9-11-18/h4,6-11,14,22H,3,5,12-13H2,1-2H3,(H2,28,32). The molecule has 0 radical (unpaired) electrons. The number of rotatable bonds is 8. The van der Waals surface area contributed by atoms with E-state index < -0.39 is 18.1 Å². The minimum atomic E-state index is -0.815. The van der Waals surface area contributed by atoms with Crippen LogP contribution in [0, 0.1) is 11.3 Å². The first-order valence-corrected chi connectivity index (χ1v) is 12.3. The van der Waals surface area contributed by atoms with Gasteiger partial charge in [0.05, 0.1) is 30.4 Å². The van der Waals surface area contributed by atoms with Crippen molar-refractivity contribution in [2.75, 3.05) is 23.9 Å². The van der Waals surface area contributed by atoms with Crippen LogP contribution < -0.4 is 10.6 Å². The van der Waals surface area contributed by atoms with Crippen LogP contribution in [0.5, 0.6) is 0 Å². The van der Waals surface area contributed by atoms with Gasteiger partial charge >= 0.3 is 12.1 Å². The molecule has 0 saturated carbocycles. The van der Waals surface area contributed by atoms with Crippen LogP contribution in [-0.2, 0) is 14.3 Å². The lowest BCUT2D eigenvalue weighted by molar-refractivity contribution is -0.138. The summed E-state index contributed by atoms with van der Waals surface area (Å²) in [6.45, 7) is 4.00. The van der Waals surface area contributed by atoms with Crippen molar-refractivity contribution in [3.63, 3.8) is 0 Å². The molecule has 0 fully saturated rings. The molecule has 1 aliphatic heterocycles. The van der Waals surface area contributed by atoms with Gasteiger partial charge in [0.25, 0.3) is 0 Å². The number of amides is 1. The fourth-order valence-corrected chi connectivity index (χ4v) is 4.74. The molecule has 35 heavy (non-hydrogen) atoms. The van der Waals surface area contributed by atoms with Gasteiger partial charge in [0.2, 0.25) is 0 Å². The number of allylic oxidation sites excluding steroid dienone is 1. The van der Waals surface area contributed by atoms with Crippen LogP contribution in [0.1, 0.15) is 37.4 Å². The summed E-state index contributed by atoms with van der Waals surface area (Å²) >= 11 is 7.73. The predicted molar refractivity (Wildman–Crippen MR) is 137 cm³/mol. The number of nitriles is 1. The van der Waals surface area contributed by atoms with Crippen molar-refractivity contribution in [3.05, 3.63) is 76.0 Å². The largest absolute Gasteiger partial charge is 0.463 e.